The van der Waals surface area contributed by atoms with E-state index in [9.17, 15) is 0 Å². The molecule has 1 heterocycles. The zero-order valence-corrected chi connectivity index (χ0v) is 15.5. The minimum atomic E-state index is 0.183. The van der Waals surface area contributed by atoms with Crippen molar-refractivity contribution in [1.82, 2.24) is 9.88 Å². The van der Waals surface area contributed by atoms with Gasteiger partial charge in [-0.3, -0.25) is 4.90 Å². The van der Waals surface area contributed by atoms with Crippen LogP contribution in [-0.2, 0) is 0 Å². The molecule has 2 heteroatoms. The third kappa shape index (κ3) is 2.83. The highest BCUT2D eigenvalue weighted by atomic mass is 15.1. The van der Waals surface area contributed by atoms with Crippen LogP contribution in [0.25, 0.3) is 22.2 Å². The monoisotopic (exact) mass is 340 g/mol. The average molecular weight is 340 g/mol. The number of aromatic amines is 1. The first kappa shape index (κ1) is 16.6. The molecule has 0 radical (unpaired) electrons. The molecule has 0 amide bonds. The van der Waals surface area contributed by atoms with Crippen molar-refractivity contribution in [3.05, 3.63) is 95.6 Å². The smallest absolute Gasteiger partial charge is 0.0627 e. The highest BCUT2D eigenvalue weighted by Crippen LogP contribution is 2.40. The van der Waals surface area contributed by atoms with Crippen LogP contribution >= 0.6 is 0 Å². The number of nitrogens with one attached hydrogen (secondary N) is 1. The van der Waals surface area contributed by atoms with Gasteiger partial charge in [0, 0.05) is 16.5 Å². The van der Waals surface area contributed by atoms with Gasteiger partial charge in [-0.2, -0.15) is 0 Å². The lowest BCUT2D eigenvalue weighted by Gasteiger charge is -2.27. The van der Waals surface area contributed by atoms with Gasteiger partial charge in [0.05, 0.1) is 11.7 Å². The quantitative estimate of drug-likeness (QED) is 0.498. The van der Waals surface area contributed by atoms with Crippen molar-refractivity contribution in [3.8, 4) is 11.3 Å². The van der Waals surface area contributed by atoms with Gasteiger partial charge in [-0.1, -0.05) is 72.8 Å². The maximum Gasteiger partial charge on any atom is 0.0627 e. The molecule has 1 aromatic heterocycles. The Kier molecular flexibility index (Phi) is 4.36. The van der Waals surface area contributed by atoms with Crippen LogP contribution in [0.3, 0.4) is 0 Å². The number of hydrogen-bond acceptors (Lipinski definition) is 1. The number of hydrogen-bond donors (Lipinski definition) is 1. The van der Waals surface area contributed by atoms with Gasteiger partial charge < -0.3 is 4.98 Å². The SMILES string of the molecule is Cc1ccccc1C(c1c(-c2ccccc2)[nH]c2ccccc12)N(C)C. The summed E-state index contributed by atoms with van der Waals surface area (Å²) in [4.78, 5) is 5.99. The van der Waals surface area contributed by atoms with Gasteiger partial charge >= 0.3 is 0 Å². The van der Waals surface area contributed by atoms with E-state index >= 15 is 0 Å². The zero-order chi connectivity index (χ0) is 18.1. The number of nitrogens with zero attached hydrogens (tertiary/aromatic N) is 1. The predicted octanol–water partition coefficient (Wildman–Crippen LogP) is 5.79. The largest absolute Gasteiger partial charge is 0.354 e. The van der Waals surface area contributed by atoms with Crippen molar-refractivity contribution < 1.29 is 0 Å². The summed E-state index contributed by atoms with van der Waals surface area (Å²) in [5.74, 6) is 0. The summed E-state index contributed by atoms with van der Waals surface area (Å²) in [6.45, 7) is 2.20. The Morgan fingerprint density at radius 3 is 2.15 bits per heavy atom. The summed E-state index contributed by atoms with van der Waals surface area (Å²) >= 11 is 0. The van der Waals surface area contributed by atoms with E-state index in [1.807, 2.05) is 0 Å². The number of aromatic nitrogens is 1. The summed E-state index contributed by atoms with van der Waals surface area (Å²) in [5, 5.41) is 1.29. The number of fused-ring (bicyclic) bond motifs is 1. The van der Waals surface area contributed by atoms with E-state index in [-0.39, 0.29) is 6.04 Å². The average Bonchev–Trinajstić information content (AvgIpc) is 3.03. The van der Waals surface area contributed by atoms with Gasteiger partial charge in [-0.05, 0) is 43.8 Å². The molecular formula is C24H24N2. The van der Waals surface area contributed by atoms with Crippen LogP contribution < -0.4 is 0 Å². The van der Waals surface area contributed by atoms with Crippen LogP contribution in [0.4, 0.5) is 0 Å². The Hall–Kier alpha value is -2.84. The molecule has 0 bridgehead atoms. The summed E-state index contributed by atoms with van der Waals surface area (Å²) in [7, 11) is 4.32. The Labute approximate surface area is 155 Å². The molecule has 0 aliphatic heterocycles. The summed E-state index contributed by atoms with van der Waals surface area (Å²) in [5.41, 5.74) is 7.61. The Bertz CT molecular complexity index is 1030. The molecule has 1 atom stereocenters. The van der Waals surface area contributed by atoms with E-state index < -0.39 is 0 Å². The Morgan fingerprint density at radius 2 is 1.42 bits per heavy atom. The molecule has 2 nitrogen and oxygen atoms in total. The fourth-order valence-corrected chi connectivity index (χ4v) is 3.87. The molecule has 1 N–H and O–H groups in total. The predicted molar refractivity (Wildman–Crippen MR) is 110 cm³/mol. The number of aryl methyl sites for hydroxylation is 1. The van der Waals surface area contributed by atoms with Crippen molar-refractivity contribution in [2.24, 2.45) is 0 Å². The fourth-order valence-electron chi connectivity index (χ4n) is 3.87. The molecule has 0 saturated carbocycles. The molecule has 3 aromatic carbocycles. The molecule has 0 fully saturated rings. The molecule has 4 rings (SSSR count). The topological polar surface area (TPSA) is 19.0 Å². The second kappa shape index (κ2) is 6.81. The van der Waals surface area contributed by atoms with Crippen LogP contribution in [0.1, 0.15) is 22.7 Å². The van der Waals surface area contributed by atoms with Crippen molar-refractivity contribution in [1.29, 1.82) is 0 Å². The fraction of sp³-hybridized carbons (Fsp3) is 0.167. The summed E-state index contributed by atoms with van der Waals surface area (Å²) in [6.07, 6.45) is 0. The van der Waals surface area contributed by atoms with Gasteiger partial charge in [0.1, 0.15) is 0 Å². The van der Waals surface area contributed by atoms with Gasteiger partial charge in [-0.15, -0.1) is 0 Å². The first-order valence-corrected chi connectivity index (χ1v) is 9.05. The van der Waals surface area contributed by atoms with Crippen molar-refractivity contribution in [2.45, 2.75) is 13.0 Å². The number of rotatable bonds is 4. The molecule has 0 aliphatic rings. The van der Waals surface area contributed by atoms with Crippen LogP contribution in [0, 0.1) is 6.92 Å². The summed E-state index contributed by atoms with van der Waals surface area (Å²) in [6, 6.07) is 28.1. The molecule has 0 saturated heterocycles. The van der Waals surface area contributed by atoms with E-state index in [4.69, 9.17) is 0 Å². The first-order chi connectivity index (χ1) is 12.7. The van der Waals surface area contributed by atoms with E-state index in [1.165, 1.54) is 38.9 Å². The lowest BCUT2D eigenvalue weighted by molar-refractivity contribution is 0.343. The normalized spacial score (nSPS) is 12.6. The Balaban J connectivity index is 2.04. The molecule has 0 aliphatic carbocycles. The molecule has 4 aromatic rings. The van der Waals surface area contributed by atoms with Gasteiger partial charge in [0.25, 0.3) is 0 Å². The van der Waals surface area contributed by atoms with Crippen molar-refractivity contribution in [3.63, 3.8) is 0 Å². The highest BCUT2D eigenvalue weighted by Gasteiger charge is 2.25. The first-order valence-electron chi connectivity index (χ1n) is 9.05. The van der Waals surface area contributed by atoms with Gasteiger partial charge in [0.15, 0.2) is 0 Å². The van der Waals surface area contributed by atoms with Crippen molar-refractivity contribution in [2.75, 3.05) is 14.1 Å². The third-order valence-corrected chi connectivity index (χ3v) is 5.08. The molecular weight excluding hydrogens is 316 g/mol. The van der Waals surface area contributed by atoms with Crippen LogP contribution in [0.15, 0.2) is 78.9 Å². The second-order valence-corrected chi connectivity index (χ2v) is 7.05. The van der Waals surface area contributed by atoms with Crippen molar-refractivity contribution >= 4 is 10.9 Å². The molecule has 130 valence electrons. The lowest BCUT2D eigenvalue weighted by Crippen LogP contribution is -2.22. The standard InChI is InChI=1S/C24H24N2/c1-17-11-7-8-14-19(17)24(26(2)3)22-20-15-9-10-16-21(20)25-23(22)18-12-5-4-6-13-18/h4-16,24-25H,1-3H3. The third-order valence-electron chi connectivity index (χ3n) is 5.08. The van der Waals surface area contributed by atoms with E-state index in [0.717, 1.165) is 0 Å². The lowest BCUT2D eigenvalue weighted by atomic mass is 9.90. The minimum Gasteiger partial charge on any atom is -0.354 e. The molecule has 26 heavy (non-hydrogen) atoms. The zero-order valence-electron chi connectivity index (χ0n) is 15.5. The Morgan fingerprint density at radius 1 is 0.769 bits per heavy atom. The van der Waals surface area contributed by atoms with E-state index in [2.05, 4.69) is 110 Å². The summed E-state index contributed by atoms with van der Waals surface area (Å²) < 4.78 is 0. The van der Waals surface area contributed by atoms with Crippen LogP contribution in [-0.4, -0.2) is 24.0 Å². The maximum atomic E-state index is 3.68. The van der Waals surface area contributed by atoms with Gasteiger partial charge in [-0.25, -0.2) is 0 Å². The molecule has 0 spiro atoms. The van der Waals surface area contributed by atoms with Gasteiger partial charge in [0.2, 0.25) is 0 Å². The van der Waals surface area contributed by atoms with Crippen LogP contribution in [0.2, 0.25) is 0 Å². The maximum absolute atomic E-state index is 3.68. The number of benzene rings is 3. The highest BCUT2D eigenvalue weighted by molar-refractivity contribution is 5.92. The molecule has 1 unspecified atom stereocenters. The number of H-pyrrole nitrogens is 1. The van der Waals surface area contributed by atoms with Crippen LogP contribution in [0.5, 0.6) is 0 Å². The minimum absolute atomic E-state index is 0.183. The second-order valence-electron chi connectivity index (χ2n) is 7.05. The van der Waals surface area contributed by atoms with E-state index in [1.54, 1.807) is 0 Å². The number of para-hydroxylation sites is 1. The van der Waals surface area contributed by atoms with E-state index in [0.29, 0.717) is 0 Å².